The maximum absolute atomic E-state index is 4.25. The van der Waals surface area contributed by atoms with Crippen molar-refractivity contribution in [3.05, 3.63) is 30.1 Å². The van der Waals surface area contributed by atoms with Gasteiger partial charge in [-0.25, -0.2) is 0 Å². The van der Waals surface area contributed by atoms with Crippen LogP contribution in [-0.4, -0.2) is 23.0 Å². The van der Waals surface area contributed by atoms with Gasteiger partial charge in [-0.1, -0.05) is 31.8 Å². The first kappa shape index (κ1) is 17.0. The average Bonchev–Trinajstić information content (AvgIpc) is 2.48. The molecular weight excluding hydrogens is 268 g/mol. The first-order valence-corrected chi connectivity index (χ1v) is 7.51. The molecule has 110 valence electrons. The molecule has 1 aromatic rings. The largest absolute Gasteiger partial charge is 0.285 e. The molecule has 0 bridgehead atoms. The second kappa shape index (κ2) is 9.80. The molecule has 1 saturated heterocycles. The van der Waals surface area contributed by atoms with Gasteiger partial charge >= 0.3 is 0 Å². The normalized spacial score (nSPS) is 18.8. The van der Waals surface area contributed by atoms with Crippen LogP contribution in [0.4, 0.5) is 0 Å². The van der Waals surface area contributed by atoms with Gasteiger partial charge in [-0.05, 0) is 37.4 Å². The summed E-state index contributed by atoms with van der Waals surface area (Å²) >= 11 is 0. The average molecular weight is 293 g/mol. The zero-order chi connectivity index (χ0) is 13.3. The zero-order valence-electron chi connectivity index (χ0n) is 12.3. The summed E-state index contributed by atoms with van der Waals surface area (Å²) in [6.07, 6.45) is 11.2. The van der Waals surface area contributed by atoms with Gasteiger partial charge in [0, 0.05) is 24.9 Å². The maximum Gasteiger partial charge on any atom is 0.0606 e. The topological polar surface area (TPSA) is 16.1 Å². The molecule has 2 rings (SSSR count). The summed E-state index contributed by atoms with van der Waals surface area (Å²) in [7, 11) is 0. The molecule has 0 aromatic carbocycles. The minimum atomic E-state index is 0. The third-order valence-electron chi connectivity index (χ3n) is 3.75. The second-order valence-corrected chi connectivity index (χ2v) is 5.23. The first-order chi connectivity index (χ1) is 9.42. The van der Waals surface area contributed by atoms with Crippen molar-refractivity contribution in [2.24, 2.45) is 0 Å². The van der Waals surface area contributed by atoms with Crippen LogP contribution in [0, 0.1) is 11.8 Å². The standard InChI is InChI=1S/C17H24N2.ClH/c1-2-3-4-5-7-13-19-14-8-6-11-17(19)16-10-9-12-18-15-16;/h9-10,12,15,17H,2-4,6,8,11,13-14H2,1H3;1H/t17-;/m0./s1. The number of halogens is 1. The lowest BCUT2D eigenvalue weighted by Crippen LogP contribution is -2.33. The molecule has 0 amide bonds. The molecule has 1 aromatic heterocycles. The number of aromatic nitrogens is 1. The van der Waals surface area contributed by atoms with Crippen molar-refractivity contribution < 1.29 is 0 Å². The molecule has 0 unspecified atom stereocenters. The molecule has 2 heterocycles. The molecule has 1 atom stereocenters. The fraction of sp³-hybridized carbons (Fsp3) is 0.588. The quantitative estimate of drug-likeness (QED) is 0.610. The Kier molecular flexibility index (Phi) is 8.34. The van der Waals surface area contributed by atoms with E-state index in [-0.39, 0.29) is 12.4 Å². The van der Waals surface area contributed by atoms with Crippen molar-refractivity contribution in [2.75, 3.05) is 13.1 Å². The van der Waals surface area contributed by atoms with E-state index in [0.29, 0.717) is 6.04 Å². The van der Waals surface area contributed by atoms with Gasteiger partial charge in [0.25, 0.3) is 0 Å². The summed E-state index contributed by atoms with van der Waals surface area (Å²) in [5, 5.41) is 0. The lowest BCUT2D eigenvalue weighted by molar-refractivity contribution is 0.169. The molecular formula is C17H25ClN2. The predicted molar refractivity (Wildman–Crippen MR) is 87.0 cm³/mol. The van der Waals surface area contributed by atoms with Crippen LogP contribution in [0.3, 0.4) is 0 Å². The number of pyridine rings is 1. The monoisotopic (exact) mass is 292 g/mol. The maximum atomic E-state index is 4.25. The van der Waals surface area contributed by atoms with Gasteiger partial charge in [0.05, 0.1) is 6.54 Å². The highest BCUT2D eigenvalue weighted by Gasteiger charge is 2.22. The number of hydrogen-bond acceptors (Lipinski definition) is 2. The summed E-state index contributed by atoms with van der Waals surface area (Å²) in [4.78, 5) is 6.77. The van der Waals surface area contributed by atoms with Crippen LogP contribution >= 0.6 is 12.4 Å². The molecule has 1 aliphatic heterocycles. The van der Waals surface area contributed by atoms with Gasteiger partial charge in [0.1, 0.15) is 0 Å². The van der Waals surface area contributed by atoms with E-state index in [4.69, 9.17) is 0 Å². The number of unbranched alkanes of at least 4 members (excludes halogenated alkanes) is 2. The predicted octanol–water partition coefficient (Wildman–Crippen LogP) is 4.22. The van der Waals surface area contributed by atoms with Crippen LogP contribution in [0.25, 0.3) is 0 Å². The molecule has 0 aliphatic carbocycles. The molecule has 1 aliphatic rings. The van der Waals surface area contributed by atoms with Gasteiger partial charge in [0.15, 0.2) is 0 Å². The van der Waals surface area contributed by atoms with Crippen LogP contribution in [0.15, 0.2) is 24.5 Å². The summed E-state index contributed by atoms with van der Waals surface area (Å²) in [6, 6.07) is 4.75. The van der Waals surface area contributed by atoms with Gasteiger partial charge in [-0.2, -0.15) is 0 Å². The number of hydrogen-bond donors (Lipinski definition) is 0. The number of likely N-dealkylation sites (tertiary alicyclic amines) is 1. The van der Waals surface area contributed by atoms with E-state index >= 15 is 0 Å². The molecule has 0 spiro atoms. The Balaban J connectivity index is 0.00000200. The summed E-state index contributed by atoms with van der Waals surface area (Å²) in [5.74, 6) is 6.64. The SMILES string of the molecule is CCCCC#CCN1CCCC[C@H]1c1cccnc1.Cl. The molecule has 0 radical (unpaired) electrons. The number of piperidine rings is 1. The Morgan fingerprint density at radius 1 is 1.35 bits per heavy atom. The number of rotatable bonds is 4. The minimum Gasteiger partial charge on any atom is -0.285 e. The molecule has 20 heavy (non-hydrogen) atoms. The highest BCUT2D eigenvalue weighted by molar-refractivity contribution is 5.85. The van der Waals surface area contributed by atoms with E-state index in [2.05, 4.69) is 34.7 Å². The molecule has 0 saturated carbocycles. The van der Waals surface area contributed by atoms with E-state index in [1.807, 2.05) is 18.5 Å². The lowest BCUT2D eigenvalue weighted by atomic mass is 9.96. The van der Waals surface area contributed by atoms with Gasteiger partial charge in [-0.3, -0.25) is 9.88 Å². The Bertz CT molecular complexity index is 422. The van der Waals surface area contributed by atoms with Crippen LogP contribution in [0.2, 0.25) is 0 Å². The zero-order valence-corrected chi connectivity index (χ0v) is 13.2. The van der Waals surface area contributed by atoms with Crippen molar-refractivity contribution in [3.8, 4) is 11.8 Å². The smallest absolute Gasteiger partial charge is 0.0606 e. The third-order valence-corrected chi connectivity index (χ3v) is 3.75. The summed E-state index contributed by atoms with van der Waals surface area (Å²) in [5.41, 5.74) is 1.34. The van der Waals surface area contributed by atoms with E-state index in [1.54, 1.807) is 0 Å². The molecule has 3 heteroatoms. The molecule has 0 N–H and O–H groups in total. The van der Waals surface area contributed by atoms with Crippen LogP contribution in [0.1, 0.15) is 57.1 Å². The van der Waals surface area contributed by atoms with Crippen molar-refractivity contribution in [2.45, 2.75) is 51.5 Å². The van der Waals surface area contributed by atoms with Crippen molar-refractivity contribution in [1.29, 1.82) is 0 Å². The minimum absolute atomic E-state index is 0. The Labute approximate surface area is 129 Å². The fourth-order valence-electron chi connectivity index (χ4n) is 2.64. The van der Waals surface area contributed by atoms with E-state index in [0.717, 1.165) is 13.0 Å². The van der Waals surface area contributed by atoms with Crippen molar-refractivity contribution in [1.82, 2.24) is 9.88 Å². The fourth-order valence-corrected chi connectivity index (χ4v) is 2.64. The lowest BCUT2D eigenvalue weighted by Gasteiger charge is -2.34. The number of nitrogens with zero attached hydrogens (tertiary/aromatic N) is 2. The third kappa shape index (κ3) is 5.15. The summed E-state index contributed by atoms with van der Waals surface area (Å²) in [6.45, 7) is 4.29. The first-order valence-electron chi connectivity index (χ1n) is 7.51. The molecule has 2 nitrogen and oxygen atoms in total. The van der Waals surface area contributed by atoms with Crippen LogP contribution < -0.4 is 0 Å². The van der Waals surface area contributed by atoms with Crippen molar-refractivity contribution >= 4 is 12.4 Å². The highest BCUT2D eigenvalue weighted by atomic mass is 35.5. The van der Waals surface area contributed by atoms with Crippen LogP contribution in [0.5, 0.6) is 0 Å². The van der Waals surface area contributed by atoms with Gasteiger partial charge in [-0.15, -0.1) is 18.3 Å². The van der Waals surface area contributed by atoms with E-state index < -0.39 is 0 Å². The highest BCUT2D eigenvalue weighted by Crippen LogP contribution is 2.29. The van der Waals surface area contributed by atoms with Gasteiger partial charge in [0.2, 0.25) is 0 Å². The van der Waals surface area contributed by atoms with E-state index in [9.17, 15) is 0 Å². The Hall–Kier alpha value is -1.04. The summed E-state index contributed by atoms with van der Waals surface area (Å²) < 4.78 is 0. The van der Waals surface area contributed by atoms with Crippen LogP contribution in [-0.2, 0) is 0 Å². The second-order valence-electron chi connectivity index (χ2n) is 5.23. The molecule has 1 fully saturated rings. The van der Waals surface area contributed by atoms with E-state index in [1.165, 1.54) is 44.2 Å². The Morgan fingerprint density at radius 2 is 2.25 bits per heavy atom. The van der Waals surface area contributed by atoms with Gasteiger partial charge < -0.3 is 0 Å². The Morgan fingerprint density at radius 3 is 3.00 bits per heavy atom. The van der Waals surface area contributed by atoms with Crippen molar-refractivity contribution in [3.63, 3.8) is 0 Å².